The second-order valence-corrected chi connectivity index (χ2v) is 7.82. The van der Waals surface area contributed by atoms with Crippen LogP contribution in [0.1, 0.15) is 50.2 Å². The molecular formula is C21H32N4O2. The van der Waals surface area contributed by atoms with E-state index in [0.29, 0.717) is 19.5 Å². The molecule has 2 aliphatic rings. The smallest absolute Gasteiger partial charge is 0.315 e. The number of nitrogens with zero attached hydrogens (tertiary/aromatic N) is 2. The largest absolute Gasteiger partial charge is 0.338 e. The van der Waals surface area contributed by atoms with Gasteiger partial charge in [0.1, 0.15) is 0 Å². The van der Waals surface area contributed by atoms with Crippen LogP contribution in [0.5, 0.6) is 0 Å². The molecule has 0 aliphatic carbocycles. The number of carbonyl (C=O) groups excluding carboxylic acids is 2. The van der Waals surface area contributed by atoms with Crippen LogP contribution in [0.15, 0.2) is 24.3 Å². The first-order valence-electron chi connectivity index (χ1n) is 10.2. The van der Waals surface area contributed by atoms with Crippen molar-refractivity contribution in [1.82, 2.24) is 20.4 Å². The summed E-state index contributed by atoms with van der Waals surface area (Å²) in [4.78, 5) is 28.2. The Morgan fingerprint density at radius 3 is 2.41 bits per heavy atom. The number of amides is 3. The van der Waals surface area contributed by atoms with Gasteiger partial charge in [0.2, 0.25) is 5.91 Å². The van der Waals surface area contributed by atoms with Gasteiger partial charge in [-0.05, 0) is 50.4 Å². The number of benzene rings is 1. The average molecular weight is 373 g/mol. The van der Waals surface area contributed by atoms with Crippen LogP contribution in [0.25, 0.3) is 0 Å². The maximum absolute atomic E-state index is 12.1. The maximum atomic E-state index is 12.1. The number of nitrogens with one attached hydrogen (secondary N) is 2. The van der Waals surface area contributed by atoms with E-state index >= 15 is 0 Å². The van der Waals surface area contributed by atoms with Gasteiger partial charge in [-0.2, -0.15) is 0 Å². The minimum atomic E-state index is -0.119. The summed E-state index contributed by atoms with van der Waals surface area (Å²) < 4.78 is 0. The summed E-state index contributed by atoms with van der Waals surface area (Å²) in [7, 11) is 0. The van der Waals surface area contributed by atoms with Crippen LogP contribution < -0.4 is 10.6 Å². The van der Waals surface area contributed by atoms with Gasteiger partial charge in [-0.25, -0.2) is 4.79 Å². The number of urea groups is 1. The molecule has 0 saturated carbocycles. The SMILES string of the molecule is CC(CN1CCCCC1)NC(=O)NCc1ccc(CN2CCCC2=O)cc1. The van der Waals surface area contributed by atoms with E-state index in [1.54, 1.807) is 0 Å². The van der Waals surface area contributed by atoms with Gasteiger partial charge in [-0.3, -0.25) is 4.79 Å². The molecule has 2 N–H and O–H groups in total. The molecule has 1 aromatic carbocycles. The Morgan fingerprint density at radius 2 is 1.74 bits per heavy atom. The molecule has 1 atom stereocenters. The normalized spacial score (nSPS) is 19.1. The lowest BCUT2D eigenvalue weighted by Gasteiger charge is -2.29. The lowest BCUT2D eigenvalue weighted by Crippen LogP contribution is -2.46. The van der Waals surface area contributed by atoms with Crippen molar-refractivity contribution in [2.24, 2.45) is 0 Å². The van der Waals surface area contributed by atoms with Crippen LogP contribution in [0.4, 0.5) is 4.79 Å². The van der Waals surface area contributed by atoms with Gasteiger partial charge in [-0.15, -0.1) is 0 Å². The molecule has 2 fully saturated rings. The summed E-state index contributed by atoms with van der Waals surface area (Å²) in [5.74, 6) is 0.246. The van der Waals surface area contributed by atoms with Gasteiger partial charge in [0, 0.05) is 38.6 Å². The zero-order valence-corrected chi connectivity index (χ0v) is 16.4. The number of rotatable bonds is 7. The van der Waals surface area contributed by atoms with Crippen LogP contribution in [-0.4, -0.2) is 54.0 Å². The van der Waals surface area contributed by atoms with E-state index in [9.17, 15) is 9.59 Å². The van der Waals surface area contributed by atoms with E-state index in [2.05, 4.69) is 22.5 Å². The van der Waals surface area contributed by atoms with E-state index in [1.807, 2.05) is 29.2 Å². The molecule has 2 saturated heterocycles. The van der Waals surface area contributed by atoms with E-state index < -0.39 is 0 Å². The summed E-state index contributed by atoms with van der Waals surface area (Å²) in [5.41, 5.74) is 2.19. The second-order valence-electron chi connectivity index (χ2n) is 7.82. The Morgan fingerprint density at radius 1 is 1.04 bits per heavy atom. The van der Waals surface area contributed by atoms with Crippen molar-refractivity contribution in [1.29, 1.82) is 0 Å². The lowest BCUT2D eigenvalue weighted by molar-refractivity contribution is -0.128. The third-order valence-electron chi connectivity index (χ3n) is 5.38. The molecule has 6 heteroatoms. The fourth-order valence-corrected chi connectivity index (χ4v) is 3.89. The van der Waals surface area contributed by atoms with Crippen LogP contribution in [0.2, 0.25) is 0 Å². The molecule has 0 radical (unpaired) electrons. The first-order valence-corrected chi connectivity index (χ1v) is 10.2. The minimum absolute atomic E-state index is 0.119. The van der Waals surface area contributed by atoms with Crippen LogP contribution >= 0.6 is 0 Å². The van der Waals surface area contributed by atoms with Gasteiger partial charge >= 0.3 is 6.03 Å². The fraction of sp³-hybridized carbons (Fsp3) is 0.619. The number of hydrogen-bond donors (Lipinski definition) is 2. The standard InChI is InChI=1S/C21H32N4O2/c1-17(15-24-11-3-2-4-12-24)23-21(27)22-14-18-7-9-19(10-8-18)16-25-13-5-6-20(25)26/h7-10,17H,2-6,11-16H2,1H3,(H2,22,23,27). The summed E-state index contributed by atoms with van der Waals surface area (Å²) in [6.07, 6.45) is 5.49. The first-order chi connectivity index (χ1) is 13.1. The molecule has 6 nitrogen and oxygen atoms in total. The third kappa shape index (κ3) is 6.24. The summed E-state index contributed by atoms with van der Waals surface area (Å²) in [5, 5.41) is 5.96. The Bertz CT molecular complexity index is 626. The maximum Gasteiger partial charge on any atom is 0.315 e. The van der Waals surface area contributed by atoms with Crippen molar-refractivity contribution in [3.63, 3.8) is 0 Å². The van der Waals surface area contributed by atoms with E-state index in [1.165, 1.54) is 19.3 Å². The van der Waals surface area contributed by atoms with E-state index in [4.69, 9.17) is 0 Å². The zero-order valence-electron chi connectivity index (χ0n) is 16.4. The Hall–Kier alpha value is -2.08. The molecule has 1 unspecified atom stereocenters. The molecule has 0 spiro atoms. The van der Waals surface area contributed by atoms with Gasteiger partial charge in [-0.1, -0.05) is 30.7 Å². The number of hydrogen-bond acceptors (Lipinski definition) is 3. The molecule has 3 rings (SSSR count). The van der Waals surface area contributed by atoms with Gasteiger partial charge in [0.05, 0.1) is 0 Å². The lowest BCUT2D eigenvalue weighted by atomic mass is 10.1. The van der Waals surface area contributed by atoms with E-state index in [0.717, 1.165) is 43.7 Å². The Labute approximate surface area is 162 Å². The predicted octanol–water partition coefficient (Wildman–Crippen LogP) is 2.48. The van der Waals surface area contributed by atoms with Crippen molar-refractivity contribution < 1.29 is 9.59 Å². The van der Waals surface area contributed by atoms with Crippen LogP contribution in [-0.2, 0) is 17.9 Å². The third-order valence-corrected chi connectivity index (χ3v) is 5.38. The van der Waals surface area contributed by atoms with E-state index in [-0.39, 0.29) is 18.0 Å². The van der Waals surface area contributed by atoms with Gasteiger partial charge in [0.25, 0.3) is 0 Å². The summed E-state index contributed by atoms with van der Waals surface area (Å²) in [6.45, 7) is 7.30. The minimum Gasteiger partial charge on any atom is -0.338 e. The van der Waals surface area contributed by atoms with Gasteiger partial charge < -0.3 is 20.4 Å². The molecule has 0 aromatic heterocycles. The van der Waals surface area contributed by atoms with Crippen LogP contribution in [0, 0.1) is 0 Å². The number of likely N-dealkylation sites (tertiary alicyclic amines) is 2. The van der Waals surface area contributed by atoms with Crippen molar-refractivity contribution in [3.8, 4) is 0 Å². The first kappa shape index (κ1) is 19.7. The molecule has 0 bridgehead atoms. The predicted molar refractivity (Wildman–Crippen MR) is 106 cm³/mol. The molecular weight excluding hydrogens is 340 g/mol. The van der Waals surface area contributed by atoms with Crippen molar-refractivity contribution in [2.75, 3.05) is 26.2 Å². The Balaban J connectivity index is 1.37. The van der Waals surface area contributed by atoms with Crippen molar-refractivity contribution in [2.45, 2.75) is 58.2 Å². The number of carbonyl (C=O) groups is 2. The van der Waals surface area contributed by atoms with Crippen molar-refractivity contribution >= 4 is 11.9 Å². The summed E-state index contributed by atoms with van der Waals surface area (Å²) in [6, 6.07) is 8.15. The molecule has 1 aromatic rings. The molecule has 2 aliphatic heterocycles. The highest BCUT2D eigenvalue weighted by molar-refractivity contribution is 5.78. The van der Waals surface area contributed by atoms with Crippen LogP contribution in [0.3, 0.4) is 0 Å². The fourth-order valence-electron chi connectivity index (χ4n) is 3.89. The summed E-state index contributed by atoms with van der Waals surface area (Å²) >= 11 is 0. The highest BCUT2D eigenvalue weighted by Gasteiger charge is 2.19. The van der Waals surface area contributed by atoms with Crippen molar-refractivity contribution in [3.05, 3.63) is 35.4 Å². The number of piperidine rings is 1. The Kier molecular flexibility index (Phi) is 7.10. The highest BCUT2D eigenvalue weighted by Crippen LogP contribution is 2.14. The average Bonchev–Trinajstić information content (AvgIpc) is 3.06. The zero-order chi connectivity index (χ0) is 19.1. The molecule has 148 valence electrons. The second kappa shape index (κ2) is 9.74. The van der Waals surface area contributed by atoms with Gasteiger partial charge in [0.15, 0.2) is 0 Å². The molecule has 2 heterocycles. The highest BCUT2D eigenvalue weighted by atomic mass is 16.2. The molecule has 27 heavy (non-hydrogen) atoms. The topological polar surface area (TPSA) is 64.7 Å². The quantitative estimate of drug-likeness (QED) is 0.773. The molecule has 3 amide bonds. The monoisotopic (exact) mass is 372 g/mol.